The molecule has 76 valence electrons. The predicted molar refractivity (Wildman–Crippen MR) is 45.0 cm³/mol. The van der Waals surface area contributed by atoms with Gasteiger partial charge in [0.2, 0.25) is 0 Å². The molecule has 1 atom stereocenters. The van der Waals surface area contributed by atoms with E-state index in [2.05, 4.69) is 11.3 Å². The molecule has 0 rings (SSSR count). The van der Waals surface area contributed by atoms with Gasteiger partial charge in [-0.25, -0.2) is 4.79 Å². The van der Waals surface area contributed by atoms with Crippen molar-refractivity contribution in [2.24, 2.45) is 0 Å². The van der Waals surface area contributed by atoms with Crippen LogP contribution in [0.5, 0.6) is 0 Å². The van der Waals surface area contributed by atoms with Crippen LogP contribution >= 0.6 is 0 Å². The summed E-state index contributed by atoms with van der Waals surface area (Å²) < 4.78 is 13.8. The fraction of sp³-hybridized carbons (Fsp3) is 0.625. The van der Waals surface area contributed by atoms with Crippen LogP contribution in [0.3, 0.4) is 0 Å². The monoisotopic (exact) mass is 190 g/mol. The zero-order valence-corrected chi connectivity index (χ0v) is 7.94. The van der Waals surface area contributed by atoms with Gasteiger partial charge in [0.15, 0.2) is 6.29 Å². The minimum atomic E-state index is -1.22. The van der Waals surface area contributed by atoms with E-state index in [1.54, 1.807) is 0 Å². The topological polar surface area (TPSA) is 65.0 Å². The molecule has 5 heteroatoms. The summed E-state index contributed by atoms with van der Waals surface area (Å²) in [6, 6.07) is 0. The first-order chi connectivity index (χ1) is 6.08. The smallest absolute Gasteiger partial charge is 0.335 e. The molecule has 0 heterocycles. The molecule has 0 bridgehead atoms. The van der Waals surface area contributed by atoms with Gasteiger partial charge in [0.05, 0.1) is 12.7 Å². The second-order valence-electron chi connectivity index (χ2n) is 2.30. The standard InChI is InChI=1S/C8H14O5/c1-5(7(10)11-2)6(9)8(12-3)13-4/h6,8-9H,1H2,2-4H3/t6-/m0/s1. The number of hydrogen-bond donors (Lipinski definition) is 1. The van der Waals surface area contributed by atoms with Crippen LogP contribution in [0, 0.1) is 0 Å². The van der Waals surface area contributed by atoms with Gasteiger partial charge in [-0.3, -0.25) is 0 Å². The lowest BCUT2D eigenvalue weighted by Gasteiger charge is -2.20. The molecule has 0 radical (unpaired) electrons. The van der Waals surface area contributed by atoms with Gasteiger partial charge < -0.3 is 19.3 Å². The Labute approximate surface area is 76.9 Å². The highest BCUT2D eigenvalue weighted by Crippen LogP contribution is 2.09. The van der Waals surface area contributed by atoms with Crippen molar-refractivity contribution in [3.05, 3.63) is 12.2 Å². The van der Waals surface area contributed by atoms with Gasteiger partial charge in [-0.1, -0.05) is 6.58 Å². The highest BCUT2D eigenvalue weighted by atomic mass is 16.7. The quantitative estimate of drug-likeness (QED) is 0.366. The Morgan fingerprint density at radius 3 is 2.08 bits per heavy atom. The minimum absolute atomic E-state index is 0.101. The van der Waals surface area contributed by atoms with Crippen LogP contribution in [0.1, 0.15) is 0 Å². The van der Waals surface area contributed by atoms with E-state index in [4.69, 9.17) is 9.47 Å². The third-order valence-corrected chi connectivity index (χ3v) is 1.53. The van der Waals surface area contributed by atoms with Crippen LogP contribution < -0.4 is 0 Å². The highest BCUT2D eigenvalue weighted by molar-refractivity contribution is 5.88. The molecule has 0 aromatic rings. The molecule has 0 aliphatic rings. The van der Waals surface area contributed by atoms with E-state index in [0.717, 1.165) is 0 Å². The summed E-state index contributed by atoms with van der Waals surface area (Å²) in [6.07, 6.45) is -2.13. The normalized spacial score (nSPS) is 12.7. The molecule has 1 N–H and O–H groups in total. The van der Waals surface area contributed by atoms with Gasteiger partial charge in [0.1, 0.15) is 6.10 Å². The summed E-state index contributed by atoms with van der Waals surface area (Å²) in [4.78, 5) is 10.9. The lowest BCUT2D eigenvalue weighted by molar-refractivity contribution is -0.161. The average molecular weight is 190 g/mol. The van der Waals surface area contributed by atoms with E-state index in [9.17, 15) is 9.90 Å². The lowest BCUT2D eigenvalue weighted by Crippen LogP contribution is -2.34. The fourth-order valence-corrected chi connectivity index (χ4v) is 0.770. The summed E-state index contributed by atoms with van der Waals surface area (Å²) in [5.41, 5.74) is -0.101. The van der Waals surface area contributed by atoms with Gasteiger partial charge in [-0.05, 0) is 0 Å². The van der Waals surface area contributed by atoms with Crippen molar-refractivity contribution in [1.29, 1.82) is 0 Å². The van der Waals surface area contributed by atoms with Gasteiger partial charge >= 0.3 is 5.97 Å². The molecular formula is C8H14O5. The molecule has 5 nitrogen and oxygen atoms in total. The van der Waals surface area contributed by atoms with Crippen molar-refractivity contribution in [2.75, 3.05) is 21.3 Å². The number of rotatable bonds is 5. The Hall–Kier alpha value is -0.910. The van der Waals surface area contributed by atoms with E-state index in [1.165, 1.54) is 21.3 Å². The van der Waals surface area contributed by atoms with Crippen molar-refractivity contribution in [3.8, 4) is 0 Å². The first-order valence-corrected chi connectivity index (χ1v) is 3.59. The highest BCUT2D eigenvalue weighted by Gasteiger charge is 2.25. The second-order valence-corrected chi connectivity index (χ2v) is 2.30. The first kappa shape index (κ1) is 12.1. The van der Waals surface area contributed by atoms with Crippen LogP contribution in [-0.4, -0.2) is 44.8 Å². The summed E-state index contributed by atoms with van der Waals surface area (Å²) in [5.74, 6) is -0.688. The maximum Gasteiger partial charge on any atom is 0.335 e. The fourth-order valence-electron chi connectivity index (χ4n) is 0.770. The number of aliphatic hydroxyl groups is 1. The molecule has 0 spiro atoms. The Bertz CT molecular complexity index is 185. The van der Waals surface area contributed by atoms with Crippen molar-refractivity contribution >= 4 is 5.97 Å². The van der Waals surface area contributed by atoms with Crippen molar-refractivity contribution in [2.45, 2.75) is 12.4 Å². The van der Waals surface area contributed by atoms with E-state index < -0.39 is 18.4 Å². The molecule has 0 aromatic heterocycles. The van der Waals surface area contributed by atoms with Gasteiger partial charge in [-0.15, -0.1) is 0 Å². The van der Waals surface area contributed by atoms with E-state index >= 15 is 0 Å². The maximum atomic E-state index is 10.9. The molecular weight excluding hydrogens is 176 g/mol. The Kier molecular flexibility index (Phi) is 5.29. The molecule has 0 fully saturated rings. The number of aliphatic hydroxyl groups excluding tert-OH is 1. The Balaban J connectivity index is 4.31. The van der Waals surface area contributed by atoms with Gasteiger partial charge in [0, 0.05) is 14.2 Å². The molecule has 0 saturated heterocycles. The van der Waals surface area contributed by atoms with Crippen molar-refractivity contribution in [3.63, 3.8) is 0 Å². The third kappa shape index (κ3) is 3.14. The van der Waals surface area contributed by atoms with E-state index in [-0.39, 0.29) is 5.57 Å². The maximum absolute atomic E-state index is 10.9. The van der Waals surface area contributed by atoms with Crippen molar-refractivity contribution in [1.82, 2.24) is 0 Å². The van der Waals surface area contributed by atoms with Crippen LogP contribution in [0.25, 0.3) is 0 Å². The van der Waals surface area contributed by atoms with E-state index in [0.29, 0.717) is 0 Å². The molecule has 0 aliphatic carbocycles. The molecule has 0 aliphatic heterocycles. The number of carbonyl (C=O) groups excluding carboxylic acids is 1. The Morgan fingerprint density at radius 2 is 1.77 bits per heavy atom. The molecule has 0 aromatic carbocycles. The summed E-state index contributed by atoms with van der Waals surface area (Å²) >= 11 is 0. The predicted octanol–water partition coefficient (Wildman–Crippen LogP) is -0.305. The number of hydrogen-bond acceptors (Lipinski definition) is 5. The Morgan fingerprint density at radius 1 is 1.31 bits per heavy atom. The van der Waals surface area contributed by atoms with Crippen LogP contribution in [0.4, 0.5) is 0 Å². The van der Waals surface area contributed by atoms with Crippen LogP contribution in [0.15, 0.2) is 12.2 Å². The van der Waals surface area contributed by atoms with Crippen LogP contribution in [-0.2, 0) is 19.0 Å². The summed E-state index contributed by atoms with van der Waals surface area (Å²) in [6.45, 7) is 3.36. The summed E-state index contributed by atoms with van der Waals surface area (Å²) in [5, 5.41) is 9.43. The summed E-state index contributed by atoms with van der Waals surface area (Å²) in [7, 11) is 3.90. The molecule has 0 amide bonds. The third-order valence-electron chi connectivity index (χ3n) is 1.53. The zero-order valence-electron chi connectivity index (χ0n) is 7.94. The lowest BCUT2D eigenvalue weighted by atomic mass is 10.1. The number of ether oxygens (including phenoxy) is 3. The zero-order chi connectivity index (χ0) is 10.4. The minimum Gasteiger partial charge on any atom is -0.466 e. The number of esters is 1. The number of carbonyl (C=O) groups is 1. The number of methoxy groups -OCH3 is 3. The first-order valence-electron chi connectivity index (χ1n) is 3.59. The van der Waals surface area contributed by atoms with Gasteiger partial charge in [-0.2, -0.15) is 0 Å². The molecule has 13 heavy (non-hydrogen) atoms. The molecule has 0 saturated carbocycles. The van der Waals surface area contributed by atoms with Crippen molar-refractivity contribution < 1.29 is 24.1 Å². The van der Waals surface area contributed by atoms with E-state index in [1.807, 2.05) is 0 Å². The average Bonchev–Trinajstić information content (AvgIpc) is 2.17. The second kappa shape index (κ2) is 5.69. The van der Waals surface area contributed by atoms with Crippen LogP contribution in [0.2, 0.25) is 0 Å². The SMILES string of the molecule is C=C(C(=O)OC)[C@H](O)C(OC)OC. The van der Waals surface area contributed by atoms with Gasteiger partial charge in [0.25, 0.3) is 0 Å². The largest absolute Gasteiger partial charge is 0.466 e. The molecule has 0 unspecified atom stereocenters.